The summed E-state index contributed by atoms with van der Waals surface area (Å²) >= 11 is 0. The van der Waals surface area contributed by atoms with Crippen LogP contribution in [0.2, 0.25) is 0 Å². The molecule has 0 radical (unpaired) electrons. The molecule has 27 heavy (non-hydrogen) atoms. The average molecular weight is 372 g/mol. The van der Waals surface area contributed by atoms with E-state index in [9.17, 15) is 4.39 Å². The van der Waals surface area contributed by atoms with Crippen LogP contribution in [-0.4, -0.2) is 52.1 Å². The lowest BCUT2D eigenvalue weighted by Gasteiger charge is -2.26. The van der Waals surface area contributed by atoms with Gasteiger partial charge in [0.2, 0.25) is 0 Å². The molecule has 0 aliphatic carbocycles. The van der Waals surface area contributed by atoms with Crippen LogP contribution in [0.25, 0.3) is 11.2 Å². The first-order valence-electron chi connectivity index (χ1n) is 9.09. The number of nitrogens with zero attached hydrogens (tertiary/aromatic N) is 5. The Morgan fingerprint density at radius 1 is 1.19 bits per heavy atom. The predicted octanol–water partition coefficient (Wildman–Crippen LogP) is 1.30. The lowest BCUT2D eigenvalue weighted by atomic mass is 9.93. The first kappa shape index (κ1) is 19.2. The number of hydrogen-bond acceptors (Lipinski definition) is 5. The number of aryl methyl sites for hydroxylation is 1. The largest absolute Gasteiger partial charge is 0.367 e. The van der Waals surface area contributed by atoms with Gasteiger partial charge < -0.3 is 10.2 Å². The van der Waals surface area contributed by atoms with E-state index in [0.717, 1.165) is 13.1 Å². The van der Waals surface area contributed by atoms with Crippen molar-refractivity contribution in [2.24, 2.45) is 5.41 Å². The van der Waals surface area contributed by atoms with E-state index in [0.29, 0.717) is 28.4 Å². The van der Waals surface area contributed by atoms with Crippen LogP contribution in [0, 0.1) is 18.2 Å². The van der Waals surface area contributed by atoms with Crippen molar-refractivity contribution in [3.63, 3.8) is 0 Å². The number of halogens is 1. The van der Waals surface area contributed by atoms with Gasteiger partial charge in [0.25, 0.3) is 0 Å². The normalized spacial score (nSPS) is 12.1. The minimum Gasteiger partial charge on any atom is -0.367 e. The van der Waals surface area contributed by atoms with Crippen molar-refractivity contribution >= 4 is 17.0 Å². The van der Waals surface area contributed by atoms with E-state index in [2.05, 4.69) is 53.5 Å². The predicted molar refractivity (Wildman–Crippen MR) is 103 cm³/mol. The zero-order valence-corrected chi connectivity index (χ0v) is 16.5. The molecule has 2 heterocycles. The molecule has 7 nitrogen and oxygen atoms in total. The van der Waals surface area contributed by atoms with Crippen LogP contribution in [0.4, 0.5) is 10.2 Å². The summed E-state index contributed by atoms with van der Waals surface area (Å²) in [6.07, 6.45) is 0. The first-order valence-corrected chi connectivity index (χ1v) is 9.09. The van der Waals surface area contributed by atoms with Crippen LogP contribution in [0.15, 0.2) is 24.3 Å². The quantitative estimate of drug-likeness (QED) is 0.654. The van der Waals surface area contributed by atoms with Crippen LogP contribution < -0.4 is 10.2 Å². The van der Waals surface area contributed by atoms with Crippen molar-refractivity contribution in [2.45, 2.75) is 27.3 Å². The Balaban J connectivity index is 1.88. The molecule has 1 aromatic carbocycles. The van der Waals surface area contributed by atoms with Crippen molar-refractivity contribution in [1.29, 1.82) is 0 Å². The van der Waals surface area contributed by atoms with Crippen LogP contribution in [0.3, 0.4) is 0 Å². The van der Waals surface area contributed by atoms with E-state index in [1.807, 2.05) is 6.92 Å². The summed E-state index contributed by atoms with van der Waals surface area (Å²) in [5, 5.41) is 11.8. The summed E-state index contributed by atoms with van der Waals surface area (Å²) in [6.45, 7) is 8.31. The van der Waals surface area contributed by atoms with Crippen molar-refractivity contribution in [3.05, 3.63) is 41.5 Å². The van der Waals surface area contributed by atoms with E-state index in [1.54, 1.807) is 22.9 Å². The molecule has 0 fully saturated rings. The molecular weight excluding hydrogens is 345 g/mol. The van der Waals surface area contributed by atoms with Crippen molar-refractivity contribution in [3.8, 4) is 0 Å². The highest BCUT2D eigenvalue weighted by Crippen LogP contribution is 2.21. The van der Waals surface area contributed by atoms with Gasteiger partial charge in [0, 0.05) is 17.5 Å². The second-order valence-electron chi connectivity index (χ2n) is 8.03. The Kier molecular flexibility index (Phi) is 5.36. The van der Waals surface area contributed by atoms with Crippen LogP contribution in [-0.2, 0) is 6.54 Å². The van der Waals surface area contributed by atoms with Crippen LogP contribution in [0.1, 0.15) is 25.2 Å². The Morgan fingerprint density at radius 3 is 2.63 bits per heavy atom. The highest BCUT2D eigenvalue weighted by molar-refractivity contribution is 5.82. The molecule has 0 spiro atoms. The van der Waals surface area contributed by atoms with Gasteiger partial charge in [-0.3, -0.25) is 0 Å². The Hall–Kier alpha value is -2.61. The molecule has 3 rings (SSSR count). The number of nitrogens with one attached hydrogen (secondary N) is 2. The fourth-order valence-corrected chi connectivity index (χ4v) is 3.33. The maximum absolute atomic E-state index is 14.0. The number of quaternary nitrogens is 1. The summed E-state index contributed by atoms with van der Waals surface area (Å²) in [7, 11) is 4.28. The minimum absolute atomic E-state index is 0.0904. The maximum atomic E-state index is 14.0. The maximum Gasteiger partial charge on any atom is 0.184 e. The Labute approximate surface area is 158 Å². The molecule has 0 saturated carbocycles. The van der Waals surface area contributed by atoms with Gasteiger partial charge in [0.15, 0.2) is 17.0 Å². The number of aromatic nitrogens is 5. The van der Waals surface area contributed by atoms with Gasteiger partial charge in [0.1, 0.15) is 11.6 Å². The lowest BCUT2D eigenvalue weighted by molar-refractivity contribution is -0.865. The molecule has 0 atom stereocenters. The lowest BCUT2D eigenvalue weighted by Crippen LogP contribution is -3.07. The highest BCUT2D eigenvalue weighted by atomic mass is 19.1. The Bertz CT molecular complexity index is 933. The third kappa shape index (κ3) is 4.57. The molecule has 2 N–H and O–H groups in total. The number of anilines is 1. The molecule has 0 amide bonds. The molecule has 0 saturated heterocycles. The zero-order chi connectivity index (χ0) is 19.6. The molecule has 144 valence electrons. The number of fused-ring (bicyclic) bond motifs is 1. The summed E-state index contributed by atoms with van der Waals surface area (Å²) < 4.78 is 15.6. The third-order valence-electron chi connectivity index (χ3n) is 4.32. The van der Waals surface area contributed by atoms with E-state index in [4.69, 9.17) is 0 Å². The molecule has 0 unspecified atom stereocenters. The minimum atomic E-state index is -0.266. The Morgan fingerprint density at radius 2 is 1.93 bits per heavy atom. The van der Waals surface area contributed by atoms with Crippen LogP contribution >= 0.6 is 0 Å². The summed E-state index contributed by atoms with van der Waals surface area (Å²) in [6, 6.07) is 6.65. The van der Waals surface area contributed by atoms with Gasteiger partial charge in [0.05, 0.1) is 27.2 Å². The van der Waals surface area contributed by atoms with Gasteiger partial charge >= 0.3 is 0 Å². The second-order valence-corrected chi connectivity index (χ2v) is 8.03. The molecular formula is C19H27FN7+. The van der Waals surface area contributed by atoms with E-state index in [1.165, 1.54) is 11.0 Å². The third-order valence-corrected chi connectivity index (χ3v) is 4.32. The standard InChI is InChI=1S/C19H26FN7/c1-13-22-17(21-11-19(2,3)12-26(4)5)16-18(23-13)27(25-24-16)10-14-8-6-7-9-15(14)20/h6-9H,10-12H2,1-5H3,(H,21,22,23)/p+1. The number of rotatable bonds is 7. The fraction of sp³-hybridized carbons (Fsp3) is 0.474. The van der Waals surface area contributed by atoms with E-state index in [-0.39, 0.29) is 17.8 Å². The molecule has 0 aliphatic rings. The van der Waals surface area contributed by atoms with Gasteiger partial charge in [-0.05, 0) is 13.0 Å². The average Bonchev–Trinajstić information content (AvgIpc) is 2.96. The highest BCUT2D eigenvalue weighted by Gasteiger charge is 2.23. The van der Waals surface area contributed by atoms with Gasteiger partial charge in [-0.1, -0.05) is 37.3 Å². The molecule has 3 aromatic rings. The zero-order valence-electron chi connectivity index (χ0n) is 16.5. The van der Waals surface area contributed by atoms with Crippen molar-refractivity contribution in [1.82, 2.24) is 25.0 Å². The molecule has 0 aliphatic heterocycles. The SMILES string of the molecule is Cc1nc(NCC(C)(C)C[NH+](C)C)c2nnn(Cc3ccccc3F)c2n1. The second kappa shape index (κ2) is 7.56. The van der Waals surface area contributed by atoms with Gasteiger partial charge in [-0.2, -0.15) is 0 Å². The van der Waals surface area contributed by atoms with Crippen LogP contribution in [0.5, 0.6) is 0 Å². The summed E-state index contributed by atoms with van der Waals surface area (Å²) in [5.41, 5.74) is 1.84. The van der Waals surface area contributed by atoms with E-state index >= 15 is 0 Å². The fourth-order valence-electron chi connectivity index (χ4n) is 3.33. The molecule has 8 heteroatoms. The topological polar surface area (TPSA) is 73.0 Å². The first-order chi connectivity index (χ1) is 12.7. The van der Waals surface area contributed by atoms with Gasteiger partial charge in [-0.15, -0.1) is 5.10 Å². The monoisotopic (exact) mass is 372 g/mol. The van der Waals surface area contributed by atoms with Gasteiger partial charge in [-0.25, -0.2) is 19.0 Å². The van der Waals surface area contributed by atoms with Crippen molar-refractivity contribution in [2.75, 3.05) is 32.5 Å². The number of hydrogen-bond donors (Lipinski definition) is 2. The smallest absolute Gasteiger partial charge is 0.184 e. The summed E-state index contributed by atoms with van der Waals surface area (Å²) in [5.74, 6) is 1.02. The molecule has 0 bridgehead atoms. The summed E-state index contributed by atoms with van der Waals surface area (Å²) in [4.78, 5) is 10.4. The number of benzene rings is 1. The van der Waals surface area contributed by atoms with Crippen molar-refractivity contribution < 1.29 is 9.29 Å². The molecule has 2 aromatic heterocycles. The van der Waals surface area contributed by atoms with E-state index < -0.39 is 0 Å².